The molecular weight excluding hydrogens is 466 g/mol. The van der Waals surface area contributed by atoms with Crippen LogP contribution in [0.2, 0.25) is 0 Å². The maximum Gasteiger partial charge on any atom is 0.262 e. The largest absolute Gasteiger partial charge is 0.497 e. The van der Waals surface area contributed by atoms with Crippen LogP contribution in [0.15, 0.2) is 58.6 Å². The summed E-state index contributed by atoms with van der Waals surface area (Å²) in [6.45, 7) is 5.52. The highest BCUT2D eigenvalue weighted by Gasteiger charge is 2.16. The first-order valence-electron chi connectivity index (χ1n) is 9.28. The van der Waals surface area contributed by atoms with Crippen LogP contribution in [0.25, 0.3) is 0 Å². The van der Waals surface area contributed by atoms with Gasteiger partial charge in [0.2, 0.25) is 0 Å². The summed E-state index contributed by atoms with van der Waals surface area (Å²) >= 11 is 3.43. The van der Waals surface area contributed by atoms with Crippen molar-refractivity contribution in [1.82, 2.24) is 10.7 Å². The molecule has 0 radical (unpaired) electrons. The minimum absolute atomic E-state index is 0.332. The Hall–Kier alpha value is -3.33. The van der Waals surface area contributed by atoms with Crippen molar-refractivity contribution in [2.75, 3.05) is 20.8 Å². The van der Waals surface area contributed by atoms with E-state index in [1.807, 2.05) is 0 Å². The minimum atomic E-state index is -0.789. The lowest BCUT2D eigenvalue weighted by molar-refractivity contribution is -0.122. The van der Waals surface area contributed by atoms with Crippen LogP contribution in [-0.4, -0.2) is 44.9 Å². The number of carbonyl (C=O) groups is 2. The number of benzene rings is 2. The number of nitrogens with zero attached hydrogens (tertiary/aromatic N) is 1. The monoisotopic (exact) mass is 489 g/mol. The third-order valence-corrected chi connectivity index (χ3v) is 4.67. The van der Waals surface area contributed by atoms with E-state index in [0.717, 1.165) is 0 Å². The Morgan fingerprint density at radius 1 is 1.19 bits per heavy atom. The standard InChI is InChI=1S/C22H24BrN3O5/c1-5-10-31-20-18(23)11-15(12-19(20)30-4)13-24-26-21(27)14(2)25-22(28)16-6-8-17(29-3)9-7-16/h5-9,11-14H,1,10H2,2-4H3,(H,25,28)(H,26,27). The number of hydrazone groups is 1. The highest BCUT2D eigenvalue weighted by atomic mass is 79.9. The quantitative estimate of drug-likeness (QED) is 0.303. The summed E-state index contributed by atoms with van der Waals surface area (Å²) in [6.07, 6.45) is 3.09. The van der Waals surface area contributed by atoms with E-state index in [4.69, 9.17) is 14.2 Å². The molecule has 0 spiro atoms. The average molecular weight is 490 g/mol. The van der Waals surface area contributed by atoms with Crippen LogP contribution in [0.3, 0.4) is 0 Å². The summed E-state index contributed by atoms with van der Waals surface area (Å²) in [5, 5.41) is 6.57. The molecule has 2 amide bonds. The Kier molecular flexibility index (Phi) is 9.08. The van der Waals surface area contributed by atoms with Gasteiger partial charge in [0.05, 0.1) is 24.9 Å². The maximum absolute atomic E-state index is 12.3. The van der Waals surface area contributed by atoms with Crippen LogP contribution in [0.1, 0.15) is 22.8 Å². The number of halogens is 1. The number of carbonyl (C=O) groups excluding carboxylic acids is 2. The molecule has 1 atom stereocenters. The summed E-state index contributed by atoms with van der Waals surface area (Å²) in [7, 11) is 3.07. The predicted octanol–water partition coefficient (Wildman–Crippen LogP) is 3.30. The van der Waals surface area contributed by atoms with E-state index in [2.05, 4.69) is 38.4 Å². The fraction of sp³-hybridized carbons (Fsp3) is 0.227. The van der Waals surface area contributed by atoms with Crippen LogP contribution in [0.4, 0.5) is 0 Å². The van der Waals surface area contributed by atoms with Gasteiger partial charge in [0.25, 0.3) is 11.8 Å². The number of hydrogen-bond acceptors (Lipinski definition) is 6. The summed E-state index contributed by atoms with van der Waals surface area (Å²) in [4.78, 5) is 24.5. The molecule has 0 aliphatic rings. The molecular formula is C22H24BrN3O5. The molecule has 0 saturated carbocycles. The Labute approximate surface area is 189 Å². The second-order valence-electron chi connectivity index (χ2n) is 6.29. The van der Waals surface area contributed by atoms with Crippen molar-refractivity contribution in [3.05, 3.63) is 64.7 Å². The van der Waals surface area contributed by atoms with Gasteiger partial charge in [0.1, 0.15) is 18.4 Å². The first-order chi connectivity index (χ1) is 14.9. The number of nitrogens with one attached hydrogen (secondary N) is 2. The van der Waals surface area contributed by atoms with Crippen LogP contribution < -0.4 is 25.0 Å². The summed E-state index contributed by atoms with van der Waals surface area (Å²) in [5.74, 6) is 0.843. The van der Waals surface area contributed by atoms with Crippen molar-refractivity contribution in [1.29, 1.82) is 0 Å². The molecule has 8 nitrogen and oxygen atoms in total. The zero-order valence-corrected chi connectivity index (χ0v) is 19.1. The van der Waals surface area contributed by atoms with E-state index in [9.17, 15) is 9.59 Å². The second kappa shape index (κ2) is 11.8. The topological polar surface area (TPSA) is 98.2 Å². The molecule has 1 unspecified atom stereocenters. The van der Waals surface area contributed by atoms with Gasteiger partial charge in [-0.3, -0.25) is 9.59 Å². The normalized spacial score (nSPS) is 11.5. The van der Waals surface area contributed by atoms with E-state index < -0.39 is 11.9 Å². The Morgan fingerprint density at radius 3 is 2.52 bits per heavy atom. The zero-order chi connectivity index (χ0) is 22.8. The molecule has 0 aliphatic heterocycles. The number of ether oxygens (including phenoxy) is 3. The molecule has 2 rings (SSSR count). The molecule has 2 aromatic carbocycles. The van der Waals surface area contributed by atoms with Gasteiger partial charge in [0, 0.05) is 5.56 Å². The molecule has 31 heavy (non-hydrogen) atoms. The van der Waals surface area contributed by atoms with Crippen molar-refractivity contribution >= 4 is 34.0 Å². The summed E-state index contributed by atoms with van der Waals surface area (Å²) in [6, 6.07) is 9.27. The van der Waals surface area contributed by atoms with Crippen molar-refractivity contribution in [3.8, 4) is 17.2 Å². The van der Waals surface area contributed by atoms with Gasteiger partial charge in [-0.15, -0.1) is 0 Å². The molecule has 2 N–H and O–H groups in total. The fourth-order valence-corrected chi connectivity index (χ4v) is 3.03. The molecule has 9 heteroatoms. The van der Waals surface area contributed by atoms with Gasteiger partial charge in [-0.05, 0) is 64.8 Å². The molecule has 0 bridgehead atoms. The second-order valence-corrected chi connectivity index (χ2v) is 7.15. The van der Waals surface area contributed by atoms with Gasteiger partial charge in [-0.2, -0.15) is 5.10 Å². The fourth-order valence-electron chi connectivity index (χ4n) is 2.45. The highest BCUT2D eigenvalue weighted by molar-refractivity contribution is 9.10. The SMILES string of the molecule is C=CCOc1c(Br)cc(C=NNC(=O)C(C)NC(=O)c2ccc(OC)cc2)cc1OC. The van der Waals surface area contributed by atoms with Gasteiger partial charge >= 0.3 is 0 Å². The number of hydrogen-bond donors (Lipinski definition) is 2. The number of methoxy groups -OCH3 is 2. The van der Waals surface area contributed by atoms with E-state index >= 15 is 0 Å². The lowest BCUT2D eigenvalue weighted by atomic mass is 10.2. The van der Waals surface area contributed by atoms with E-state index in [1.54, 1.807) is 56.5 Å². The number of amides is 2. The van der Waals surface area contributed by atoms with E-state index in [0.29, 0.717) is 39.5 Å². The maximum atomic E-state index is 12.3. The first-order valence-corrected chi connectivity index (χ1v) is 10.1. The van der Waals surface area contributed by atoms with Crippen molar-refractivity contribution in [2.24, 2.45) is 5.10 Å². The van der Waals surface area contributed by atoms with Crippen LogP contribution in [0, 0.1) is 0 Å². The van der Waals surface area contributed by atoms with Gasteiger partial charge in [0.15, 0.2) is 11.5 Å². The van der Waals surface area contributed by atoms with Gasteiger partial charge < -0.3 is 19.5 Å². The molecule has 0 saturated heterocycles. The summed E-state index contributed by atoms with van der Waals surface area (Å²) in [5.41, 5.74) is 3.49. The lowest BCUT2D eigenvalue weighted by Crippen LogP contribution is -2.43. The third kappa shape index (κ3) is 6.85. The van der Waals surface area contributed by atoms with E-state index in [-0.39, 0.29) is 5.91 Å². The number of rotatable bonds is 10. The van der Waals surface area contributed by atoms with Crippen molar-refractivity contribution in [2.45, 2.75) is 13.0 Å². The summed E-state index contributed by atoms with van der Waals surface area (Å²) < 4.78 is 16.6. The molecule has 0 fully saturated rings. The highest BCUT2D eigenvalue weighted by Crippen LogP contribution is 2.36. The van der Waals surface area contributed by atoms with Gasteiger partial charge in [-0.25, -0.2) is 5.43 Å². The molecule has 164 valence electrons. The molecule has 0 heterocycles. The lowest BCUT2D eigenvalue weighted by Gasteiger charge is -2.13. The zero-order valence-electron chi connectivity index (χ0n) is 17.5. The van der Waals surface area contributed by atoms with E-state index in [1.165, 1.54) is 13.3 Å². The average Bonchev–Trinajstić information content (AvgIpc) is 2.77. The van der Waals surface area contributed by atoms with Crippen LogP contribution in [0.5, 0.6) is 17.2 Å². The third-order valence-electron chi connectivity index (χ3n) is 4.08. The predicted molar refractivity (Wildman–Crippen MR) is 122 cm³/mol. The van der Waals surface area contributed by atoms with Crippen molar-refractivity contribution in [3.63, 3.8) is 0 Å². The van der Waals surface area contributed by atoms with Gasteiger partial charge in [-0.1, -0.05) is 12.7 Å². The Balaban J connectivity index is 1.96. The first kappa shape index (κ1) is 23.9. The Bertz CT molecular complexity index is 960. The molecule has 0 aliphatic carbocycles. The smallest absolute Gasteiger partial charge is 0.262 e. The van der Waals surface area contributed by atoms with Crippen LogP contribution >= 0.6 is 15.9 Å². The molecule has 0 aromatic heterocycles. The van der Waals surface area contributed by atoms with Crippen LogP contribution in [-0.2, 0) is 4.79 Å². The minimum Gasteiger partial charge on any atom is -0.497 e. The van der Waals surface area contributed by atoms with Crippen molar-refractivity contribution < 1.29 is 23.8 Å². The molecule has 2 aromatic rings. The Morgan fingerprint density at radius 2 is 1.90 bits per heavy atom.